The molecular weight excluding hydrogens is 451 g/mol. The fraction of sp³-hybridized carbons (Fsp3) is 0.0455. The van der Waals surface area contributed by atoms with Crippen molar-refractivity contribution in [3.05, 3.63) is 84.2 Å². The van der Waals surface area contributed by atoms with E-state index in [-0.39, 0.29) is 22.2 Å². The summed E-state index contributed by atoms with van der Waals surface area (Å²) in [6.07, 6.45) is 0. The molecule has 3 aromatic carbocycles. The third-order valence-corrected chi connectivity index (χ3v) is 5.81. The summed E-state index contributed by atoms with van der Waals surface area (Å²) in [6.45, 7) is 0. The Balaban J connectivity index is 1.45. The molecule has 0 radical (unpaired) electrons. The fourth-order valence-electron chi connectivity index (χ4n) is 2.91. The van der Waals surface area contributed by atoms with Gasteiger partial charge in [0.1, 0.15) is 11.6 Å². The first-order chi connectivity index (χ1) is 15.9. The fourth-order valence-corrected chi connectivity index (χ4v) is 3.78. The van der Waals surface area contributed by atoms with Gasteiger partial charge >= 0.3 is 0 Å². The van der Waals surface area contributed by atoms with Crippen molar-refractivity contribution in [2.75, 3.05) is 7.11 Å². The molecule has 0 saturated carbocycles. The quantitative estimate of drug-likeness (QED) is 0.399. The lowest BCUT2D eigenvalue weighted by molar-refractivity contribution is 0.0945. The van der Waals surface area contributed by atoms with Crippen molar-refractivity contribution in [1.82, 2.24) is 20.5 Å². The van der Waals surface area contributed by atoms with Gasteiger partial charge in [-0.05, 0) is 54.6 Å². The van der Waals surface area contributed by atoms with Crippen LogP contribution in [0.1, 0.15) is 10.4 Å². The molecule has 4 rings (SSSR count). The predicted molar refractivity (Wildman–Crippen MR) is 116 cm³/mol. The summed E-state index contributed by atoms with van der Waals surface area (Å²) in [5.74, 6) is -0.331. The van der Waals surface area contributed by atoms with Gasteiger partial charge in [0.25, 0.3) is 21.8 Å². The van der Waals surface area contributed by atoms with E-state index in [4.69, 9.17) is 9.15 Å². The summed E-state index contributed by atoms with van der Waals surface area (Å²) in [5, 5.41) is 8.07. The molecule has 1 aromatic heterocycles. The number of sulfonamides is 1. The first-order valence-electron chi connectivity index (χ1n) is 9.52. The first kappa shape index (κ1) is 22.1. The van der Waals surface area contributed by atoms with Gasteiger partial charge in [-0.25, -0.2) is 12.8 Å². The van der Waals surface area contributed by atoms with E-state index in [9.17, 15) is 17.6 Å². The second kappa shape index (κ2) is 9.18. The molecule has 0 atom stereocenters. The third kappa shape index (κ3) is 4.89. The van der Waals surface area contributed by atoms with Gasteiger partial charge in [-0.3, -0.25) is 10.2 Å². The molecule has 0 aliphatic carbocycles. The van der Waals surface area contributed by atoms with E-state index in [1.807, 2.05) is 17.0 Å². The van der Waals surface area contributed by atoms with Gasteiger partial charge < -0.3 is 9.15 Å². The lowest BCUT2D eigenvalue weighted by Gasteiger charge is -2.08. The van der Waals surface area contributed by atoms with Gasteiger partial charge in [-0.15, -0.1) is 15.0 Å². The van der Waals surface area contributed by atoms with Crippen LogP contribution in [0.4, 0.5) is 4.39 Å². The number of nitrogens with zero attached hydrogens (tertiary/aromatic N) is 2. The molecule has 4 aromatic rings. The number of hydrazine groups is 1. The highest BCUT2D eigenvalue weighted by atomic mass is 32.2. The Kier molecular flexibility index (Phi) is 6.16. The first-order valence-corrected chi connectivity index (χ1v) is 11.0. The third-order valence-electron chi connectivity index (χ3n) is 4.56. The van der Waals surface area contributed by atoms with Crippen molar-refractivity contribution in [2.24, 2.45) is 0 Å². The highest BCUT2D eigenvalue weighted by Gasteiger charge is 2.17. The Morgan fingerprint density at radius 2 is 1.70 bits per heavy atom. The summed E-state index contributed by atoms with van der Waals surface area (Å²) in [7, 11) is -2.59. The van der Waals surface area contributed by atoms with Gasteiger partial charge in [-0.2, -0.15) is 0 Å². The second-order valence-corrected chi connectivity index (χ2v) is 8.39. The average molecular weight is 468 g/mol. The molecule has 0 aliphatic rings. The van der Waals surface area contributed by atoms with Gasteiger partial charge in [0.2, 0.25) is 5.89 Å². The Morgan fingerprint density at radius 3 is 2.42 bits per heavy atom. The molecule has 1 heterocycles. The van der Waals surface area contributed by atoms with Crippen molar-refractivity contribution >= 4 is 15.9 Å². The zero-order valence-corrected chi connectivity index (χ0v) is 18.0. The summed E-state index contributed by atoms with van der Waals surface area (Å²) < 4.78 is 48.7. The van der Waals surface area contributed by atoms with E-state index in [0.29, 0.717) is 16.9 Å². The number of methoxy groups -OCH3 is 1. The molecule has 168 valence electrons. The summed E-state index contributed by atoms with van der Waals surface area (Å²) >= 11 is 0. The maximum Gasteiger partial charge on any atom is 0.266 e. The van der Waals surface area contributed by atoms with Crippen LogP contribution in [0.5, 0.6) is 5.75 Å². The number of nitrogens with one attached hydrogen (secondary N) is 2. The number of hydrogen-bond acceptors (Lipinski definition) is 7. The minimum atomic E-state index is -4.13. The molecule has 11 heteroatoms. The van der Waals surface area contributed by atoms with Crippen LogP contribution in [0.25, 0.3) is 22.9 Å². The Labute approximate surface area is 188 Å². The summed E-state index contributed by atoms with van der Waals surface area (Å²) in [4.78, 5) is 13.9. The molecule has 9 nitrogen and oxygen atoms in total. The average Bonchev–Trinajstić information content (AvgIpc) is 3.33. The number of benzene rings is 3. The molecule has 0 fully saturated rings. The number of hydrogen-bond donors (Lipinski definition) is 2. The number of carbonyl (C=O) groups is 1. The topological polar surface area (TPSA) is 123 Å². The van der Waals surface area contributed by atoms with Crippen molar-refractivity contribution in [1.29, 1.82) is 0 Å². The summed E-state index contributed by atoms with van der Waals surface area (Å²) in [5.41, 5.74) is 3.46. The maximum atomic E-state index is 13.3. The number of halogens is 1. The molecule has 0 bridgehead atoms. The van der Waals surface area contributed by atoms with Gasteiger partial charge in [0.15, 0.2) is 0 Å². The van der Waals surface area contributed by atoms with Crippen LogP contribution in [0, 0.1) is 5.82 Å². The minimum Gasteiger partial charge on any atom is -0.496 e. The number of aromatic nitrogens is 2. The minimum absolute atomic E-state index is 0.171. The molecule has 2 N–H and O–H groups in total. The number of ether oxygens (including phenoxy) is 1. The zero-order valence-electron chi connectivity index (χ0n) is 17.2. The van der Waals surface area contributed by atoms with Crippen LogP contribution < -0.4 is 15.0 Å². The van der Waals surface area contributed by atoms with E-state index in [1.165, 1.54) is 31.4 Å². The predicted octanol–water partition coefficient (Wildman–Crippen LogP) is 3.17. The van der Waals surface area contributed by atoms with Crippen LogP contribution in [-0.4, -0.2) is 31.6 Å². The van der Waals surface area contributed by atoms with E-state index >= 15 is 0 Å². The maximum absolute atomic E-state index is 13.3. The standard InChI is InChI=1S/C22H17FN4O5S/c1-31-19-8-3-2-7-18(19)22-26-25-21(32-22)15-11-9-14(10-12-15)20(28)24-27-33(29,30)17-6-4-5-16(23)13-17/h2-13,27H,1H3,(H,24,28). The van der Waals surface area contributed by atoms with Crippen molar-refractivity contribution < 1.29 is 26.8 Å². The molecule has 0 unspecified atom stereocenters. The van der Waals surface area contributed by atoms with Crippen LogP contribution in [0.15, 0.2) is 82.1 Å². The monoisotopic (exact) mass is 468 g/mol. The van der Waals surface area contributed by atoms with Crippen molar-refractivity contribution in [3.63, 3.8) is 0 Å². The highest BCUT2D eigenvalue weighted by Crippen LogP contribution is 2.30. The number of para-hydroxylation sites is 1. The van der Waals surface area contributed by atoms with Gasteiger partial charge in [-0.1, -0.05) is 18.2 Å². The number of rotatable bonds is 7. The van der Waals surface area contributed by atoms with Crippen LogP contribution in [0.3, 0.4) is 0 Å². The lowest BCUT2D eigenvalue weighted by Crippen LogP contribution is -2.41. The lowest BCUT2D eigenvalue weighted by atomic mass is 10.1. The Hall–Kier alpha value is -4.09. The van der Waals surface area contributed by atoms with E-state index in [2.05, 4.69) is 15.6 Å². The SMILES string of the molecule is COc1ccccc1-c1nnc(-c2ccc(C(=O)NNS(=O)(=O)c3cccc(F)c3)cc2)o1. The smallest absolute Gasteiger partial charge is 0.266 e. The van der Waals surface area contributed by atoms with Crippen molar-refractivity contribution in [2.45, 2.75) is 4.90 Å². The molecule has 0 saturated heterocycles. The van der Waals surface area contributed by atoms with Gasteiger partial charge in [0, 0.05) is 11.1 Å². The number of carbonyl (C=O) groups excluding carboxylic acids is 1. The normalized spacial score (nSPS) is 11.2. The van der Waals surface area contributed by atoms with E-state index < -0.39 is 21.7 Å². The van der Waals surface area contributed by atoms with Gasteiger partial charge in [0.05, 0.1) is 17.6 Å². The Bertz CT molecular complexity index is 1400. The highest BCUT2D eigenvalue weighted by molar-refractivity contribution is 7.89. The van der Waals surface area contributed by atoms with Crippen LogP contribution >= 0.6 is 0 Å². The van der Waals surface area contributed by atoms with E-state index in [0.717, 1.165) is 12.1 Å². The zero-order chi connectivity index (χ0) is 23.4. The van der Waals surface area contributed by atoms with Crippen LogP contribution in [0.2, 0.25) is 0 Å². The Morgan fingerprint density at radius 1 is 0.970 bits per heavy atom. The molecule has 0 spiro atoms. The molecule has 33 heavy (non-hydrogen) atoms. The van der Waals surface area contributed by atoms with Crippen molar-refractivity contribution in [3.8, 4) is 28.7 Å². The second-order valence-electron chi connectivity index (χ2n) is 6.71. The molecule has 0 aliphatic heterocycles. The number of amides is 1. The van der Waals surface area contributed by atoms with Crippen LogP contribution in [-0.2, 0) is 10.0 Å². The molecular formula is C22H17FN4O5S. The molecule has 1 amide bonds. The largest absolute Gasteiger partial charge is 0.496 e. The summed E-state index contributed by atoms with van der Waals surface area (Å²) in [6, 6.07) is 17.7. The van der Waals surface area contributed by atoms with E-state index in [1.54, 1.807) is 24.3 Å².